The van der Waals surface area contributed by atoms with E-state index in [-0.39, 0.29) is 59.7 Å². The lowest BCUT2D eigenvalue weighted by Gasteiger charge is -2.09. The number of benzene rings is 1. The molecule has 0 radical (unpaired) electrons. The highest BCUT2D eigenvalue weighted by atomic mass is 127. The van der Waals surface area contributed by atoms with Gasteiger partial charge in [-0.1, -0.05) is 6.07 Å². The van der Waals surface area contributed by atoms with Crippen LogP contribution in [0.4, 0.5) is 5.69 Å². The summed E-state index contributed by atoms with van der Waals surface area (Å²) in [5, 5.41) is 13.5. The smallest absolute Gasteiger partial charge is 0.270 e. The molecule has 0 bridgehead atoms. The van der Waals surface area contributed by atoms with Gasteiger partial charge in [0.05, 0.1) is 16.4 Å². The molecule has 4 N–H and O–H groups in total. The maximum Gasteiger partial charge on any atom is 0.270 e. The van der Waals surface area contributed by atoms with Crippen LogP contribution in [-0.4, -0.2) is 38.4 Å². The molecule has 0 aromatic heterocycles. The number of halogens is 1. The summed E-state index contributed by atoms with van der Waals surface area (Å²) in [5.74, 6) is 0.226. The average Bonchev–Trinajstić information content (AvgIpc) is 2.43. The molecule has 0 amide bonds. The number of nitrogens with one attached hydrogen (secondary N) is 2. The molecule has 0 unspecified atom stereocenters. The van der Waals surface area contributed by atoms with E-state index in [2.05, 4.69) is 15.0 Å². The predicted molar refractivity (Wildman–Crippen MR) is 98.5 cm³/mol. The van der Waals surface area contributed by atoms with Crippen molar-refractivity contribution in [2.24, 2.45) is 10.7 Å². The van der Waals surface area contributed by atoms with Crippen LogP contribution >= 0.6 is 24.0 Å². The van der Waals surface area contributed by atoms with Crippen LogP contribution in [0, 0.1) is 10.1 Å². The number of non-ortho nitro benzene ring substituents is 1. The second-order valence-corrected chi connectivity index (χ2v) is 6.49. The Morgan fingerprint density at radius 2 is 2.09 bits per heavy atom. The van der Waals surface area contributed by atoms with Crippen LogP contribution in [0.3, 0.4) is 0 Å². The monoisotopic (exact) mass is 457 g/mol. The summed E-state index contributed by atoms with van der Waals surface area (Å²) in [5.41, 5.74) is 5.29. The first-order valence-electron chi connectivity index (χ1n) is 6.53. The van der Waals surface area contributed by atoms with Crippen molar-refractivity contribution in [3.05, 3.63) is 34.4 Å². The van der Waals surface area contributed by atoms with Gasteiger partial charge in [0.1, 0.15) is 0 Å². The summed E-state index contributed by atoms with van der Waals surface area (Å²) in [6.45, 7) is 3.98. The fourth-order valence-corrected chi connectivity index (χ4v) is 2.61. The van der Waals surface area contributed by atoms with E-state index in [0.717, 1.165) is 6.07 Å². The fourth-order valence-electron chi connectivity index (χ4n) is 1.55. The third kappa shape index (κ3) is 7.56. The zero-order valence-corrected chi connectivity index (χ0v) is 15.9. The van der Waals surface area contributed by atoms with Crippen molar-refractivity contribution in [1.82, 2.24) is 10.0 Å². The minimum Gasteiger partial charge on any atom is -0.370 e. The first-order chi connectivity index (χ1) is 10.2. The highest BCUT2D eigenvalue weighted by Gasteiger charge is 2.16. The Labute approximate surface area is 152 Å². The van der Waals surface area contributed by atoms with Crippen molar-refractivity contribution in [3.63, 3.8) is 0 Å². The molecule has 1 rings (SSSR count). The van der Waals surface area contributed by atoms with E-state index in [9.17, 15) is 18.5 Å². The first kappa shape index (κ1) is 21.5. The van der Waals surface area contributed by atoms with E-state index in [4.69, 9.17) is 5.73 Å². The van der Waals surface area contributed by atoms with E-state index in [1.165, 1.54) is 18.2 Å². The molecule has 130 valence electrons. The lowest BCUT2D eigenvalue weighted by atomic mass is 10.3. The van der Waals surface area contributed by atoms with Crippen molar-refractivity contribution in [2.45, 2.75) is 24.8 Å². The van der Waals surface area contributed by atoms with Crippen LogP contribution in [0.25, 0.3) is 0 Å². The first-order valence-corrected chi connectivity index (χ1v) is 8.01. The van der Waals surface area contributed by atoms with E-state index < -0.39 is 14.9 Å². The number of hydrogen-bond acceptors (Lipinski definition) is 5. The summed E-state index contributed by atoms with van der Waals surface area (Å²) in [7, 11) is -3.82. The van der Waals surface area contributed by atoms with Crippen LogP contribution in [0.2, 0.25) is 0 Å². The maximum absolute atomic E-state index is 12.0. The quantitative estimate of drug-likeness (QED) is 0.138. The van der Waals surface area contributed by atoms with Gasteiger partial charge < -0.3 is 11.1 Å². The predicted octanol–water partition coefficient (Wildman–Crippen LogP) is 0.804. The molecule has 0 saturated carbocycles. The zero-order valence-electron chi connectivity index (χ0n) is 12.7. The SMILES string of the molecule is CC(C)NC(N)=NCCNS(=O)(=O)c1cccc([N+](=O)[O-])c1.I. The van der Waals surface area contributed by atoms with Crippen molar-refractivity contribution in [1.29, 1.82) is 0 Å². The number of sulfonamides is 1. The van der Waals surface area contributed by atoms with Gasteiger partial charge in [0.25, 0.3) is 5.69 Å². The van der Waals surface area contributed by atoms with E-state index in [1.807, 2.05) is 13.8 Å². The largest absolute Gasteiger partial charge is 0.370 e. The molecule has 0 saturated heterocycles. The Bertz CT molecular complexity index is 663. The molecule has 0 aliphatic carbocycles. The summed E-state index contributed by atoms with van der Waals surface area (Å²) in [6.07, 6.45) is 0. The van der Waals surface area contributed by atoms with Crippen LogP contribution < -0.4 is 15.8 Å². The van der Waals surface area contributed by atoms with Gasteiger partial charge in [-0.15, -0.1) is 24.0 Å². The third-order valence-electron chi connectivity index (χ3n) is 2.46. The van der Waals surface area contributed by atoms with Gasteiger partial charge in [-0.05, 0) is 19.9 Å². The van der Waals surface area contributed by atoms with Crippen LogP contribution in [0.1, 0.15) is 13.8 Å². The summed E-state index contributed by atoms with van der Waals surface area (Å²) < 4.78 is 26.3. The lowest BCUT2D eigenvalue weighted by Crippen LogP contribution is -2.37. The van der Waals surface area contributed by atoms with Crippen LogP contribution in [0.5, 0.6) is 0 Å². The van der Waals surface area contributed by atoms with Crippen LogP contribution in [-0.2, 0) is 10.0 Å². The number of nitro benzene ring substituents is 1. The Hall–Kier alpha value is -1.47. The van der Waals surface area contributed by atoms with E-state index in [0.29, 0.717) is 0 Å². The van der Waals surface area contributed by atoms with Crippen molar-refractivity contribution in [2.75, 3.05) is 13.1 Å². The highest BCUT2D eigenvalue weighted by Crippen LogP contribution is 2.16. The van der Waals surface area contributed by atoms with Crippen molar-refractivity contribution >= 4 is 45.6 Å². The summed E-state index contributed by atoms with van der Waals surface area (Å²) >= 11 is 0. The maximum atomic E-state index is 12.0. The molecule has 0 heterocycles. The minimum atomic E-state index is -3.82. The number of rotatable bonds is 7. The molecule has 1 aromatic carbocycles. The van der Waals surface area contributed by atoms with Gasteiger partial charge >= 0.3 is 0 Å². The molecule has 11 heteroatoms. The summed E-state index contributed by atoms with van der Waals surface area (Å²) in [4.78, 5) is 13.8. The molecular weight excluding hydrogens is 437 g/mol. The van der Waals surface area contributed by atoms with Gasteiger partial charge in [0.15, 0.2) is 5.96 Å². The van der Waals surface area contributed by atoms with Gasteiger partial charge in [0.2, 0.25) is 10.0 Å². The van der Waals surface area contributed by atoms with Gasteiger partial charge in [-0.3, -0.25) is 15.1 Å². The number of guanidine groups is 1. The Morgan fingerprint density at radius 3 is 2.65 bits per heavy atom. The lowest BCUT2D eigenvalue weighted by molar-refractivity contribution is -0.385. The molecule has 9 nitrogen and oxygen atoms in total. The zero-order chi connectivity index (χ0) is 16.8. The third-order valence-corrected chi connectivity index (χ3v) is 3.92. The standard InChI is InChI=1S/C12H19N5O4S.HI/c1-9(2)16-12(13)14-6-7-15-22(20,21)11-5-3-4-10(8-11)17(18)19;/h3-5,8-9,15H,6-7H2,1-2H3,(H3,13,14,16);1H. The summed E-state index contributed by atoms with van der Waals surface area (Å²) in [6, 6.07) is 4.95. The van der Waals surface area contributed by atoms with Gasteiger partial charge in [0, 0.05) is 24.7 Å². The molecule has 0 aliphatic rings. The molecule has 23 heavy (non-hydrogen) atoms. The van der Waals surface area contributed by atoms with Crippen molar-refractivity contribution in [3.8, 4) is 0 Å². The molecule has 1 aromatic rings. The number of nitro groups is 1. The second kappa shape index (κ2) is 9.62. The molecule has 0 fully saturated rings. The molecular formula is C12H20IN5O4S. The Morgan fingerprint density at radius 1 is 1.43 bits per heavy atom. The van der Waals surface area contributed by atoms with E-state index >= 15 is 0 Å². The average molecular weight is 457 g/mol. The molecule has 0 spiro atoms. The topological polar surface area (TPSA) is 140 Å². The fraction of sp³-hybridized carbons (Fsp3) is 0.417. The van der Waals surface area contributed by atoms with Crippen molar-refractivity contribution < 1.29 is 13.3 Å². The number of aliphatic imine (C=N–C) groups is 1. The van der Waals surface area contributed by atoms with Crippen LogP contribution in [0.15, 0.2) is 34.2 Å². The second-order valence-electron chi connectivity index (χ2n) is 4.72. The van der Waals surface area contributed by atoms with E-state index in [1.54, 1.807) is 0 Å². The number of nitrogens with two attached hydrogens (primary N) is 1. The van der Waals surface area contributed by atoms with Gasteiger partial charge in [-0.2, -0.15) is 0 Å². The number of hydrogen-bond donors (Lipinski definition) is 3. The molecule has 0 aliphatic heterocycles. The Balaban J connectivity index is 0.00000484. The number of nitrogens with zero attached hydrogens (tertiary/aromatic N) is 2. The minimum absolute atomic E-state index is 0. The highest BCUT2D eigenvalue weighted by molar-refractivity contribution is 14.0. The van der Waals surface area contributed by atoms with Gasteiger partial charge in [-0.25, -0.2) is 13.1 Å². The normalized spacial score (nSPS) is 11.9. The Kier molecular flexibility index (Phi) is 9.01. The molecule has 0 atom stereocenters.